The van der Waals surface area contributed by atoms with Gasteiger partial charge in [0, 0.05) is 32.7 Å². The predicted molar refractivity (Wildman–Crippen MR) is 79.0 cm³/mol. The number of hydrogen-bond donors (Lipinski definition) is 1. The molecule has 1 N–H and O–H groups in total. The molecular weight excluding hydrogens is 252 g/mol. The fraction of sp³-hybridized carbons (Fsp3) is 0.625. The van der Waals surface area contributed by atoms with Crippen molar-refractivity contribution in [3.63, 3.8) is 0 Å². The molecule has 1 aromatic carbocycles. The summed E-state index contributed by atoms with van der Waals surface area (Å²) in [6.07, 6.45) is 1.25. The van der Waals surface area contributed by atoms with Crippen LogP contribution in [-0.4, -0.2) is 57.4 Å². The average Bonchev–Trinajstić information content (AvgIpc) is 2.53. The van der Waals surface area contributed by atoms with Crippen LogP contribution in [0.2, 0.25) is 0 Å². The summed E-state index contributed by atoms with van der Waals surface area (Å²) >= 11 is 0. The number of benzene rings is 1. The lowest BCUT2D eigenvalue weighted by molar-refractivity contribution is 0.0328. The van der Waals surface area contributed by atoms with E-state index in [1.54, 1.807) is 0 Å². The average molecular weight is 276 g/mol. The van der Waals surface area contributed by atoms with Crippen molar-refractivity contribution in [3.8, 4) is 0 Å². The second-order valence-corrected chi connectivity index (χ2v) is 5.47. The van der Waals surface area contributed by atoms with Crippen LogP contribution < -0.4 is 5.32 Å². The number of nitrogens with zero attached hydrogens (tertiary/aromatic N) is 1. The first-order valence-corrected chi connectivity index (χ1v) is 7.64. The standard InChI is InChI=1S/C16H24N2O2/c1-2-4-15-14(3-1)5-10-20-16(15)13-17-6-7-18-8-11-19-12-9-18/h1-4,16-17H,5-13H2. The molecule has 20 heavy (non-hydrogen) atoms. The molecule has 0 amide bonds. The van der Waals surface area contributed by atoms with Crippen LogP contribution in [0, 0.1) is 0 Å². The van der Waals surface area contributed by atoms with E-state index in [0.717, 1.165) is 59.0 Å². The van der Waals surface area contributed by atoms with Crippen molar-refractivity contribution in [1.29, 1.82) is 0 Å². The summed E-state index contributed by atoms with van der Waals surface area (Å²) < 4.78 is 11.3. The molecule has 1 atom stereocenters. The lowest BCUT2D eigenvalue weighted by atomic mass is 9.97. The molecule has 1 aromatic rings. The van der Waals surface area contributed by atoms with E-state index >= 15 is 0 Å². The Kier molecular flexibility index (Phi) is 5.03. The molecule has 0 saturated carbocycles. The van der Waals surface area contributed by atoms with Gasteiger partial charge >= 0.3 is 0 Å². The molecule has 0 aromatic heterocycles. The van der Waals surface area contributed by atoms with Crippen molar-refractivity contribution in [3.05, 3.63) is 35.4 Å². The fourth-order valence-electron chi connectivity index (χ4n) is 2.94. The van der Waals surface area contributed by atoms with Gasteiger partial charge in [-0.25, -0.2) is 0 Å². The second-order valence-electron chi connectivity index (χ2n) is 5.47. The Bertz CT molecular complexity index is 419. The molecule has 1 unspecified atom stereocenters. The van der Waals surface area contributed by atoms with Crippen molar-refractivity contribution in [2.45, 2.75) is 12.5 Å². The van der Waals surface area contributed by atoms with Gasteiger partial charge in [-0.3, -0.25) is 4.90 Å². The van der Waals surface area contributed by atoms with Gasteiger partial charge in [-0.2, -0.15) is 0 Å². The summed E-state index contributed by atoms with van der Waals surface area (Å²) in [6.45, 7) is 7.72. The lowest BCUT2D eigenvalue weighted by Gasteiger charge is -2.28. The topological polar surface area (TPSA) is 33.7 Å². The lowest BCUT2D eigenvalue weighted by Crippen LogP contribution is -2.41. The second kappa shape index (κ2) is 7.18. The third kappa shape index (κ3) is 3.58. The zero-order valence-electron chi connectivity index (χ0n) is 12.0. The maximum atomic E-state index is 5.90. The van der Waals surface area contributed by atoms with Gasteiger partial charge in [-0.05, 0) is 17.5 Å². The van der Waals surface area contributed by atoms with Crippen LogP contribution in [0.3, 0.4) is 0 Å². The van der Waals surface area contributed by atoms with Crippen LogP contribution in [-0.2, 0) is 15.9 Å². The Balaban J connectivity index is 1.43. The normalized spacial score (nSPS) is 23.5. The van der Waals surface area contributed by atoms with Gasteiger partial charge in [0.1, 0.15) is 0 Å². The Morgan fingerprint density at radius 3 is 2.90 bits per heavy atom. The maximum Gasteiger partial charge on any atom is 0.0952 e. The van der Waals surface area contributed by atoms with E-state index in [2.05, 4.69) is 34.5 Å². The van der Waals surface area contributed by atoms with Crippen molar-refractivity contribution < 1.29 is 9.47 Å². The van der Waals surface area contributed by atoms with Crippen molar-refractivity contribution >= 4 is 0 Å². The number of nitrogens with one attached hydrogen (secondary N) is 1. The van der Waals surface area contributed by atoms with E-state index in [9.17, 15) is 0 Å². The summed E-state index contributed by atoms with van der Waals surface area (Å²) in [6, 6.07) is 8.64. The highest BCUT2D eigenvalue weighted by molar-refractivity contribution is 5.31. The van der Waals surface area contributed by atoms with Gasteiger partial charge in [-0.15, -0.1) is 0 Å². The van der Waals surface area contributed by atoms with E-state index in [0.29, 0.717) is 0 Å². The summed E-state index contributed by atoms with van der Waals surface area (Å²) in [5, 5.41) is 3.54. The molecule has 4 nitrogen and oxygen atoms in total. The molecule has 1 saturated heterocycles. The van der Waals surface area contributed by atoms with Crippen LogP contribution in [0.25, 0.3) is 0 Å². The molecule has 1 fully saturated rings. The first-order valence-electron chi connectivity index (χ1n) is 7.64. The smallest absolute Gasteiger partial charge is 0.0952 e. The number of fused-ring (bicyclic) bond motifs is 1. The molecule has 3 rings (SSSR count). The van der Waals surface area contributed by atoms with Crippen LogP contribution in [0.5, 0.6) is 0 Å². The molecule has 0 bridgehead atoms. The molecule has 2 heterocycles. The van der Waals surface area contributed by atoms with Crippen molar-refractivity contribution in [2.24, 2.45) is 0 Å². The highest BCUT2D eigenvalue weighted by Gasteiger charge is 2.19. The fourth-order valence-corrected chi connectivity index (χ4v) is 2.94. The summed E-state index contributed by atoms with van der Waals surface area (Å²) in [5.74, 6) is 0. The first-order chi connectivity index (χ1) is 9.93. The number of rotatable bonds is 5. The summed E-state index contributed by atoms with van der Waals surface area (Å²) in [5.41, 5.74) is 2.80. The molecule has 2 aliphatic heterocycles. The largest absolute Gasteiger partial charge is 0.379 e. The minimum atomic E-state index is 0.213. The van der Waals surface area contributed by atoms with Gasteiger partial charge in [-0.1, -0.05) is 24.3 Å². The van der Waals surface area contributed by atoms with E-state index in [-0.39, 0.29) is 6.10 Å². The van der Waals surface area contributed by atoms with Crippen LogP contribution >= 0.6 is 0 Å². The Morgan fingerprint density at radius 2 is 2.00 bits per heavy atom. The molecule has 0 radical (unpaired) electrons. The highest BCUT2D eigenvalue weighted by Crippen LogP contribution is 2.25. The molecule has 4 heteroatoms. The van der Waals surface area contributed by atoms with Gasteiger partial charge in [0.05, 0.1) is 25.9 Å². The van der Waals surface area contributed by atoms with Gasteiger partial charge in [0.15, 0.2) is 0 Å². The maximum absolute atomic E-state index is 5.90. The third-order valence-electron chi connectivity index (χ3n) is 4.13. The Morgan fingerprint density at radius 1 is 1.15 bits per heavy atom. The van der Waals surface area contributed by atoms with Gasteiger partial charge < -0.3 is 14.8 Å². The monoisotopic (exact) mass is 276 g/mol. The first kappa shape index (κ1) is 14.0. The van der Waals surface area contributed by atoms with Crippen molar-refractivity contribution in [2.75, 3.05) is 52.5 Å². The van der Waals surface area contributed by atoms with Crippen molar-refractivity contribution in [1.82, 2.24) is 10.2 Å². The van der Waals surface area contributed by atoms with E-state index < -0.39 is 0 Å². The van der Waals surface area contributed by atoms with E-state index in [1.807, 2.05) is 0 Å². The number of morpholine rings is 1. The van der Waals surface area contributed by atoms with E-state index in [4.69, 9.17) is 9.47 Å². The molecule has 0 aliphatic carbocycles. The highest BCUT2D eigenvalue weighted by atomic mass is 16.5. The van der Waals surface area contributed by atoms with Crippen LogP contribution in [0.4, 0.5) is 0 Å². The summed E-state index contributed by atoms with van der Waals surface area (Å²) in [4.78, 5) is 2.45. The van der Waals surface area contributed by atoms with Crippen LogP contribution in [0.15, 0.2) is 24.3 Å². The van der Waals surface area contributed by atoms with Gasteiger partial charge in [0.25, 0.3) is 0 Å². The molecule has 0 spiro atoms. The number of hydrogen-bond acceptors (Lipinski definition) is 4. The third-order valence-corrected chi connectivity index (χ3v) is 4.13. The quantitative estimate of drug-likeness (QED) is 0.820. The number of ether oxygens (including phenoxy) is 2. The zero-order valence-corrected chi connectivity index (χ0v) is 12.0. The minimum Gasteiger partial charge on any atom is -0.379 e. The molecule has 2 aliphatic rings. The Labute approximate surface area is 121 Å². The molecular formula is C16H24N2O2. The Hall–Kier alpha value is -0.940. The van der Waals surface area contributed by atoms with Gasteiger partial charge in [0.2, 0.25) is 0 Å². The zero-order chi connectivity index (χ0) is 13.6. The van der Waals surface area contributed by atoms with Crippen LogP contribution in [0.1, 0.15) is 17.2 Å². The SMILES string of the molecule is c1ccc2c(c1)CCOC2CNCCN1CCOCC1. The van der Waals surface area contributed by atoms with E-state index in [1.165, 1.54) is 11.1 Å². The summed E-state index contributed by atoms with van der Waals surface area (Å²) in [7, 11) is 0. The predicted octanol–water partition coefficient (Wildman–Crippen LogP) is 1.22. The molecule has 110 valence electrons. The minimum absolute atomic E-state index is 0.213.